The lowest BCUT2D eigenvalue weighted by atomic mass is 9.95. The second-order valence-corrected chi connectivity index (χ2v) is 6.36. The van der Waals surface area contributed by atoms with Gasteiger partial charge in [0.1, 0.15) is 23.3 Å². The molecule has 1 aliphatic heterocycles. The summed E-state index contributed by atoms with van der Waals surface area (Å²) in [5.74, 6) is 1.44. The zero-order chi connectivity index (χ0) is 18.1. The summed E-state index contributed by atoms with van der Waals surface area (Å²) in [6.07, 6.45) is -0.645. The maximum Gasteiger partial charge on any atom is 0.125 e. The number of benzene rings is 1. The molecule has 6 nitrogen and oxygen atoms in total. The molecule has 1 aliphatic rings. The van der Waals surface area contributed by atoms with Crippen LogP contribution in [0.5, 0.6) is 11.5 Å². The average Bonchev–Trinajstić information content (AvgIpc) is 2.88. The summed E-state index contributed by atoms with van der Waals surface area (Å²) in [6.45, 7) is 3.84. The third-order valence-electron chi connectivity index (χ3n) is 5.01. The van der Waals surface area contributed by atoms with Crippen LogP contribution in [0.1, 0.15) is 34.2 Å². The predicted octanol–water partition coefficient (Wildman–Crippen LogP) is 2.27. The molecule has 1 aromatic heterocycles. The highest BCUT2D eigenvalue weighted by atomic mass is 16.5. The standard InChI is InChI=1S/C19H23N3O3/c1-12-13(7-14(8-20)21(12)2)9-22-10-15-17(24-3)5-6-18(25-4)19(15)16(23)11-22/h5-7,16,23H,9-11H2,1-4H3. The van der Waals surface area contributed by atoms with Crippen LogP contribution < -0.4 is 9.47 Å². The first-order chi connectivity index (χ1) is 12.0. The number of aliphatic hydroxyl groups excluding tert-OH is 1. The van der Waals surface area contributed by atoms with Gasteiger partial charge in [0.05, 0.1) is 20.3 Å². The Kier molecular flexibility index (Phi) is 4.71. The molecule has 0 saturated carbocycles. The summed E-state index contributed by atoms with van der Waals surface area (Å²) in [5.41, 5.74) is 4.56. The van der Waals surface area contributed by atoms with Crippen molar-refractivity contribution < 1.29 is 14.6 Å². The van der Waals surface area contributed by atoms with Crippen LogP contribution >= 0.6 is 0 Å². The number of rotatable bonds is 4. The molecule has 0 amide bonds. The molecule has 25 heavy (non-hydrogen) atoms. The van der Waals surface area contributed by atoms with Crippen LogP contribution in [0.4, 0.5) is 0 Å². The van der Waals surface area contributed by atoms with Gasteiger partial charge in [0.25, 0.3) is 0 Å². The highest BCUT2D eigenvalue weighted by Crippen LogP contribution is 2.39. The van der Waals surface area contributed by atoms with Gasteiger partial charge in [-0.05, 0) is 30.7 Å². The fourth-order valence-electron chi connectivity index (χ4n) is 3.54. The lowest BCUT2D eigenvalue weighted by Crippen LogP contribution is -2.33. The second kappa shape index (κ2) is 6.79. The zero-order valence-electron chi connectivity index (χ0n) is 15.0. The normalized spacial score (nSPS) is 17.0. The van der Waals surface area contributed by atoms with Gasteiger partial charge in [0.15, 0.2) is 0 Å². The monoisotopic (exact) mass is 341 g/mol. The van der Waals surface area contributed by atoms with Gasteiger partial charge in [-0.15, -0.1) is 0 Å². The van der Waals surface area contributed by atoms with E-state index in [0.29, 0.717) is 31.1 Å². The van der Waals surface area contributed by atoms with Crippen molar-refractivity contribution in [2.75, 3.05) is 20.8 Å². The van der Waals surface area contributed by atoms with Crippen molar-refractivity contribution in [3.8, 4) is 17.6 Å². The number of nitrogens with zero attached hydrogens (tertiary/aromatic N) is 3. The van der Waals surface area contributed by atoms with Crippen molar-refractivity contribution in [1.82, 2.24) is 9.47 Å². The first-order valence-electron chi connectivity index (χ1n) is 8.19. The summed E-state index contributed by atoms with van der Waals surface area (Å²) in [4.78, 5) is 2.17. The number of ether oxygens (including phenoxy) is 2. The first-order valence-corrected chi connectivity index (χ1v) is 8.19. The molecule has 1 atom stereocenters. The fraction of sp³-hybridized carbons (Fsp3) is 0.421. The number of methoxy groups -OCH3 is 2. The van der Waals surface area contributed by atoms with Crippen LogP contribution in [0.2, 0.25) is 0 Å². The molecular formula is C19H23N3O3. The average molecular weight is 341 g/mol. The van der Waals surface area contributed by atoms with E-state index in [0.717, 1.165) is 28.1 Å². The number of fused-ring (bicyclic) bond motifs is 1. The third kappa shape index (κ3) is 2.97. The van der Waals surface area contributed by atoms with Gasteiger partial charge in [-0.1, -0.05) is 0 Å². The predicted molar refractivity (Wildman–Crippen MR) is 93.5 cm³/mol. The van der Waals surface area contributed by atoms with Crippen molar-refractivity contribution in [1.29, 1.82) is 5.26 Å². The van der Waals surface area contributed by atoms with E-state index in [1.165, 1.54) is 0 Å². The first kappa shape index (κ1) is 17.3. The van der Waals surface area contributed by atoms with E-state index < -0.39 is 6.10 Å². The van der Waals surface area contributed by atoms with Gasteiger partial charge in [0.2, 0.25) is 0 Å². The van der Waals surface area contributed by atoms with Crippen LogP contribution in [0, 0.1) is 18.3 Å². The fourth-order valence-corrected chi connectivity index (χ4v) is 3.54. The minimum absolute atomic E-state index is 0.507. The summed E-state index contributed by atoms with van der Waals surface area (Å²) in [5, 5.41) is 19.9. The summed E-state index contributed by atoms with van der Waals surface area (Å²) in [7, 11) is 5.14. The number of hydrogen-bond acceptors (Lipinski definition) is 5. The van der Waals surface area contributed by atoms with Gasteiger partial charge in [0, 0.05) is 43.5 Å². The van der Waals surface area contributed by atoms with Gasteiger partial charge in [-0.25, -0.2) is 0 Å². The molecule has 0 aliphatic carbocycles. The molecule has 2 heterocycles. The molecule has 2 aromatic rings. The summed E-state index contributed by atoms with van der Waals surface area (Å²) < 4.78 is 12.8. The van der Waals surface area contributed by atoms with E-state index in [-0.39, 0.29) is 0 Å². The number of aliphatic hydroxyl groups is 1. The van der Waals surface area contributed by atoms with Crippen molar-refractivity contribution in [3.63, 3.8) is 0 Å². The van der Waals surface area contributed by atoms with Gasteiger partial charge in [-0.2, -0.15) is 5.26 Å². The number of nitriles is 1. The van der Waals surface area contributed by atoms with Crippen LogP contribution in [0.25, 0.3) is 0 Å². The van der Waals surface area contributed by atoms with Gasteiger partial charge in [-0.3, -0.25) is 4.90 Å². The number of hydrogen-bond donors (Lipinski definition) is 1. The van der Waals surface area contributed by atoms with Crippen LogP contribution in [-0.4, -0.2) is 35.3 Å². The van der Waals surface area contributed by atoms with Crippen molar-refractivity contribution >= 4 is 0 Å². The van der Waals surface area contributed by atoms with E-state index in [1.54, 1.807) is 14.2 Å². The molecule has 0 spiro atoms. The molecule has 1 N–H and O–H groups in total. The quantitative estimate of drug-likeness (QED) is 0.924. The maximum atomic E-state index is 10.7. The van der Waals surface area contributed by atoms with Crippen LogP contribution in [0.15, 0.2) is 18.2 Å². The smallest absolute Gasteiger partial charge is 0.125 e. The van der Waals surface area contributed by atoms with Crippen molar-refractivity contribution in [3.05, 3.63) is 46.3 Å². The molecule has 3 rings (SSSR count). The Morgan fingerprint density at radius 2 is 1.96 bits per heavy atom. The van der Waals surface area contributed by atoms with E-state index in [9.17, 15) is 10.4 Å². The Bertz CT molecular complexity index is 835. The Morgan fingerprint density at radius 3 is 2.56 bits per heavy atom. The van der Waals surface area contributed by atoms with Crippen LogP contribution in [0.3, 0.4) is 0 Å². The minimum atomic E-state index is -0.645. The topological polar surface area (TPSA) is 70.7 Å². The summed E-state index contributed by atoms with van der Waals surface area (Å²) >= 11 is 0. The van der Waals surface area contributed by atoms with Crippen molar-refractivity contribution in [2.24, 2.45) is 7.05 Å². The Balaban J connectivity index is 1.93. The SMILES string of the molecule is COc1ccc(OC)c2c1CN(Cc1cc(C#N)n(C)c1C)CC2O. The summed E-state index contributed by atoms with van der Waals surface area (Å²) in [6, 6.07) is 7.83. The zero-order valence-corrected chi connectivity index (χ0v) is 15.0. The molecule has 0 bridgehead atoms. The van der Waals surface area contributed by atoms with Crippen molar-refractivity contribution in [2.45, 2.75) is 26.1 Å². The lowest BCUT2D eigenvalue weighted by molar-refractivity contribution is 0.0842. The van der Waals surface area contributed by atoms with E-state index in [1.807, 2.05) is 36.7 Å². The molecule has 1 aromatic carbocycles. The molecule has 132 valence electrons. The van der Waals surface area contributed by atoms with Gasteiger partial charge >= 0.3 is 0 Å². The van der Waals surface area contributed by atoms with E-state index in [4.69, 9.17) is 9.47 Å². The Hall–Kier alpha value is -2.49. The highest BCUT2D eigenvalue weighted by molar-refractivity contribution is 5.51. The molecule has 0 fully saturated rings. The third-order valence-corrected chi connectivity index (χ3v) is 5.01. The Labute approximate surface area is 147 Å². The van der Waals surface area contributed by atoms with E-state index >= 15 is 0 Å². The molecule has 6 heteroatoms. The highest BCUT2D eigenvalue weighted by Gasteiger charge is 2.30. The number of β-amino-alcohol motifs (C(OH)–C–C–N with tert-alkyl or cyclic N) is 1. The number of aromatic nitrogens is 1. The largest absolute Gasteiger partial charge is 0.496 e. The molecule has 0 saturated heterocycles. The Morgan fingerprint density at radius 1 is 1.28 bits per heavy atom. The maximum absolute atomic E-state index is 10.7. The lowest BCUT2D eigenvalue weighted by Gasteiger charge is -2.34. The second-order valence-electron chi connectivity index (χ2n) is 6.36. The molecule has 1 unspecified atom stereocenters. The molecule has 0 radical (unpaired) electrons. The van der Waals surface area contributed by atoms with E-state index in [2.05, 4.69) is 11.0 Å². The molecular weight excluding hydrogens is 318 g/mol. The van der Waals surface area contributed by atoms with Gasteiger partial charge < -0.3 is 19.1 Å². The minimum Gasteiger partial charge on any atom is -0.496 e. The van der Waals surface area contributed by atoms with Crippen LogP contribution in [-0.2, 0) is 20.1 Å².